The highest BCUT2D eigenvalue weighted by atomic mass is 16.5. The summed E-state index contributed by atoms with van der Waals surface area (Å²) in [5, 5.41) is 0.379. The number of hydrogen-bond donors (Lipinski definition) is 0. The Morgan fingerprint density at radius 2 is 1.96 bits per heavy atom. The summed E-state index contributed by atoms with van der Waals surface area (Å²) in [4.78, 5) is 35.9. The fourth-order valence-corrected chi connectivity index (χ4v) is 2.23. The number of fused-ring (bicyclic) bond motifs is 1. The van der Waals surface area contributed by atoms with Crippen LogP contribution in [0.5, 0.6) is 0 Å². The number of nitrogens with zero attached hydrogens (tertiary/aromatic N) is 1. The van der Waals surface area contributed by atoms with Crippen molar-refractivity contribution in [3.8, 4) is 0 Å². The van der Waals surface area contributed by atoms with E-state index in [0.717, 1.165) is 6.07 Å². The number of carbonyl (C=O) groups is 2. The normalized spacial score (nSPS) is 10.7. The van der Waals surface area contributed by atoms with Gasteiger partial charge in [-0.15, -0.1) is 0 Å². The summed E-state index contributed by atoms with van der Waals surface area (Å²) in [6.07, 6.45) is 1.72. The van der Waals surface area contributed by atoms with E-state index in [1.165, 1.54) is 0 Å². The Morgan fingerprint density at radius 3 is 2.70 bits per heavy atom. The minimum atomic E-state index is -0.851. The first kappa shape index (κ1) is 14.8. The highest BCUT2D eigenvalue weighted by Gasteiger charge is 2.17. The molecule has 6 nitrogen and oxygen atoms in total. The van der Waals surface area contributed by atoms with Crippen LogP contribution in [0.1, 0.15) is 21.0 Å². The van der Waals surface area contributed by atoms with E-state index in [2.05, 4.69) is 0 Å². The predicted octanol–water partition coefficient (Wildman–Crippen LogP) is 2.17. The van der Waals surface area contributed by atoms with Gasteiger partial charge in [0.1, 0.15) is 5.58 Å². The Kier molecular flexibility index (Phi) is 3.80. The van der Waals surface area contributed by atoms with Crippen LogP contribution in [0.15, 0.2) is 57.9 Å². The molecule has 0 saturated carbocycles. The summed E-state index contributed by atoms with van der Waals surface area (Å²) in [6, 6.07) is 11.0. The largest absolute Gasteiger partial charge is 0.451 e. The maximum Gasteiger partial charge on any atom is 0.374 e. The summed E-state index contributed by atoms with van der Waals surface area (Å²) in [7, 11) is 1.72. The molecule has 0 atom stereocenters. The first-order chi connectivity index (χ1) is 11.1. The van der Waals surface area contributed by atoms with E-state index in [1.54, 1.807) is 54.2 Å². The molecular formula is C17H13NO5. The summed E-state index contributed by atoms with van der Waals surface area (Å²) < 4.78 is 11.9. The standard InChI is InChI=1S/C17H13NO5/c1-18-8-4-6-12(18)14(20)10-22-17(21)16-9-13(19)11-5-2-3-7-15(11)23-16/h2-9H,10H2,1H3. The summed E-state index contributed by atoms with van der Waals surface area (Å²) in [6.45, 7) is -0.423. The van der Waals surface area contributed by atoms with Gasteiger partial charge in [-0.3, -0.25) is 9.59 Å². The number of aromatic nitrogens is 1. The molecule has 6 heteroatoms. The van der Waals surface area contributed by atoms with Gasteiger partial charge in [-0.05, 0) is 24.3 Å². The van der Waals surface area contributed by atoms with Gasteiger partial charge in [0.2, 0.25) is 11.5 Å². The van der Waals surface area contributed by atoms with Gasteiger partial charge in [0.25, 0.3) is 0 Å². The smallest absolute Gasteiger partial charge is 0.374 e. The monoisotopic (exact) mass is 311 g/mol. The fraction of sp³-hybridized carbons (Fsp3) is 0.118. The van der Waals surface area contributed by atoms with Crippen molar-refractivity contribution in [1.82, 2.24) is 4.57 Å². The Balaban J connectivity index is 1.77. The molecule has 3 rings (SSSR count). The van der Waals surface area contributed by atoms with E-state index < -0.39 is 12.6 Å². The van der Waals surface area contributed by atoms with Crippen LogP contribution in [0.2, 0.25) is 0 Å². The minimum Gasteiger partial charge on any atom is -0.451 e. The van der Waals surface area contributed by atoms with Crippen molar-refractivity contribution >= 4 is 22.7 Å². The zero-order chi connectivity index (χ0) is 16.4. The first-order valence-corrected chi connectivity index (χ1v) is 6.91. The van der Waals surface area contributed by atoms with Crippen molar-refractivity contribution in [2.75, 3.05) is 6.61 Å². The maximum absolute atomic E-state index is 12.0. The molecule has 0 saturated heterocycles. The fourth-order valence-electron chi connectivity index (χ4n) is 2.23. The van der Waals surface area contributed by atoms with Crippen LogP contribution in [-0.2, 0) is 11.8 Å². The summed E-state index contributed by atoms with van der Waals surface area (Å²) in [5.74, 6) is -1.42. The van der Waals surface area contributed by atoms with Crippen LogP contribution < -0.4 is 5.43 Å². The average molecular weight is 311 g/mol. The van der Waals surface area contributed by atoms with Crippen molar-refractivity contribution in [2.24, 2.45) is 7.05 Å². The quantitative estimate of drug-likeness (QED) is 0.545. The number of hydrogen-bond acceptors (Lipinski definition) is 5. The Hall–Kier alpha value is -3.15. The van der Waals surface area contributed by atoms with Gasteiger partial charge in [0, 0.05) is 19.3 Å². The average Bonchev–Trinajstić information content (AvgIpc) is 2.98. The molecule has 0 amide bonds. The van der Waals surface area contributed by atoms with E-state index in [4.69, 9.17) is 9.15 Å². The van der Waals surface area contributed by atoms with E-state index in [0.29, 0.717) is 16.7 Å². The molecule has 0 unspecified atom stereocenters. The molecule has 0 bridgehead atoms. The number of para-hydroxylation sites is 1. The zero-order valence-corrected chi connectivity index (χ0v) is 12.3. The molecule has 0 aliphatic heterocycles. The van der Waals surface area contributed by atoms with Crippen LogP contribution in [0.25, 0.3) is 11.0 Å². The lowest BCUT2D eigenvalue weighted by atomic mass is 10.2. The zero-order valence-electron chi connectivity index (χ0n) is 12.3. The Morgan fingerprint density at radius 1 is 1.17 bits per heavy atom. The number of carbonyl (C=O) groups excluding carboxylic acids is 2. The topological polar surface area (TPSA) is 78.5 Å². The third-order valence-corrected chi connectivity index (χ3v) is 3.40. The van der Waals surface area contributed by atoms with Crippen molar-refractivity contribution in [1.29, 1.82) is 0 Å². The van der Waals surface area contributed by atoms with Crippen LogP contribution >= 0.6 is 0 Å². The highest BCUT2D eigenvalue weighted by Crippen LogP contribution is 2.12. The van der Waals surface area contributed by atoms with Gasteiger partial charge in [-0.1, -0.05) is 12.1 Å². The number of ketones is 1. The molecule has 2 heterocycles. The number of Topliss-reactive ketones (excluding diaryl/α,β-unsaturated/α-hetero) is 1. The molecule has 1 aromatic carbocycles. The molecule has 3 aromatic rings. The van der Waals surface area contributed by atoms with Gasteiger partial charge in [0.05, 0.1) is 11.1 Å². The molecule has 0 fully saturated rings. The summed E-state index contributed by atoms with van der Waals surface area (Å²) >= 11 is 0. The highest BCUT2D eigenvalue weighted by molar-refractivity contribution is 5.98. The number of aryl methyl sites for hydroxylation is 1. The van der Waals surface area contributed by atoms with E-state index >= 15 is 0 Å². The molecule has 0 spiro atoms. The lowest BCUT2D eigenvalue weighted by molar-refractivity contribution is 0.0442. The lowest BCUT2D eigenvalue weighted by Crippen LogP contribution is -2.17. The van der Waals surface area contributed by atoms with Gasteiger partial charge in [-0.25, -0.2) is 4.79 Å². The van der Waals surface area contributed by atoms with Gasteiger partial charge in [0.15, 0.2) is 12.0 Å². The molecule has 116 valence electrons. The minimum absolute atomic E-state index is 0.228. The Bertz CT molecular complexity index is 951. The lowest BCUT2D eigenvalue weighted by Gasteiger charge is -2.05. The molecular weight excluding hydrogens is 298 g/mol. The summed E-state index contributed by atoms with van der Waals surface area (Å²) in [5.41, 5.74) is 0.381. The second kappa shape index (κ2) is 5.92. The Labute approximate surface area is 130 Å². The third-order valence-electron chi connectivity index (χ3n) is 3.40. The molecule has 0 N–H and O–H groups in total. The van der Waals surface area contributed by atoms with Crippen molar-refractivity contribution in [2.45, 2.75) is 0 Å². The SMILES string of the molecule is Cn1cccc1C(=O)COC(=O)c1cc(=O)c2ccccc2o1. The van der Waals surface area contributed by atoms with E-state index in [9.17, 15) is 14.4 Å². The molecule has 0 aliphatic carbocycles. The van der Waals surface area contributed by atoms with Crippen molar-refractivity contribution in [3.63, 3.8) is 0 Å². The second-order valence-corrected chi connectivity index (χ2v) is 4.97. The maximum atomic E-state index is 12.0. The van der Waals surface area contributed by atoms with E-state index in [1.807, 2.05) is 0 Å². The van der Waals surface area contributed by atoms with Crippen molar-refractivity contribution in [3.05, 3.63) is 70.3 Å². The van der Waals surface area contributed by atoms with Crippen LogP contribution in [0.4, 0.5) is 0 Å². The molecule has 0 radical (unpaired) electrons. The van der Waals surface area contributed by atoms with Crippen LogP contribution in [0, 0.1) is 0 Å². The van der Waals surface area contributed by atoms with Gasteiger partial charge < -0.3 is 13.7 Å². The van der Waals surface area contributed by atoms with Crippen LogP contribution in [0.3, 0.4) is 0 Å². The van der Waals surface area contributed by atoms with Gasteiger partial charge >= 0.3 is 5.97 Å². The molecule has 2 aromatic heterocycles. The predicted molar refractivity (Wildman–Crippen MR) is 82.5 cm³/mol. The third kappa shape index (κ3) is 2.91. The van der Waals surface area contributed by atoms with Gasteiger partial charge in [-0.2, -0.15) is 0 Å². The number of benzene rings is 1. The number of rotatable bonds is 4. The molecule has 0 aliphatic rings. The first-order valence-electron chi connectivity index (χ1n) is 6.91. The number of ether oxygens (including phenoxy) is 1. The van der Waals surface area contributed by atoms with E-state index in [-0.39, 0.29) is 17.0 Å². The molecule has 23 heavy (non-hydrogen) atoms. The van der Waals surface area contributed by atoms with Crippen molar-refractivity contribution < 1.29 is 18.7 Å². The number of esters is 1. The van der Waals surface area contributed by atoms with Crippen LogP contribution in [-0.4, -0.2) is 22.9 Å². The second-order valence-electron chi connectivity index (χ2n) is 4.97.